The summed E-state index contributed by atoms with van der Waals surface area (Å²) >= 11 is 0. The molecule has 1 saturated carbocycles. The van der Waals surface area contributed by atoms with Crippen LogP contribution in [0.15, 0.2) is 23.8 Å². The van der Waals surface area contributed by atoms with E-state index in [2.05, 4.69) is 24.5 Å². The van der Waals surface area contributed by atoms with Gasteiger partial charge >= 0.3 is 0 Å². The van der Waals surface area contributed by atoms with Crippen molar-refractivity contribution in [2.75, 3.05) is 0 Å². The Balaban J connectivity index is 2.43. The minimum atomic E-state index is -0.781. The molecule has 1 fully saturated rings. The second kappa shape index (κ2) is 15.2. The molecule has 4 nitrogen and oxygen atoms in total. The van der Waals surface area contributed by atoms with Crippen LogP contribution < -0.4 is 10.6 Å². The largest absolute Gasteiger partial charge is 0.345 e. The molecule has 1 aliphatic rings. The summed E-state index contributed by atoms with van der Waals surface area (Å²) < 4.78 is 28.0. The smallest absolute Gasteiger partial charge is 0.279 e. The maximum absolute atomic E-state index is 14.0. The number of carbonyl (C=O) groups excluding carboxylic acids is 2. The second-order valence-electron chi connectivity index (χ2n) is 7.89. The topological polar surface area (TPSA) is 58.2 Å². The molecule has 0 spiro atoms. The molecule has 1 rings (SSSR count). The van der Waals surface area contributed by atoms with Gasteiger partial charge in [0.25, 0.3) is 11.8 Å². The number of unbranched alkanes of at least 4 members (excludes halogenated alkanes) is 8. The number of nitrogens with one attached hydrogen (secondary N) is 2. The van der Waals surface area contributed by atoms with E-state index in [-0.39, 0.29) is 12.1 Å². The second-order valence-corrected chi connectivity index (χ2v) is 7.89. The molecule has 0 aromatic heterocycles. The Kier molecular flexibility index (Phi) is 13.2. The average molecular weight is 413 g/mol. The van der Waals surface area contributed by atoms with Crippen LogP contribution >= 0.6 is 0 Å². The third kappa shape index (κ3) is 10.6. The van der Waals surface area contributed by atoms with Crippen molar-refractivity contribution >= 4 is 11.8 Å². The average Bonchev–Trinajstić information content (AvgIpc) is 3.13. The number of carbonyl (C=O) groups is 2. The number of amides is 2. The van der Waals surface area contributed by atoms with Crippen molar-refractivity contribution in [3.8, 4) is 0 Å². The predicted molar refractivity (Wildman–Crippen MR) is 114 cm³/mol. The van der Waals surface area contributed by atoms with E-state index in [4.69, 9.17) is 0 Å². The van der Waals surface area contributed by atoms with Gasteiger partial charge in [-0.05, 0) is 57.1 Å². The maximum atomic E-state index is 14.0. The fourth-order valence-electron chi connectivity index (χ4n) is 3.57. The van der Waals surface area contributed by atoms with Crippen LogP contribution in [-0.2, 0) is 9.59 Å². The van der Waals surface area contributed by atoms with Crippen LogP contribution in [0.5, 0.6) is 0 Å². The fraction of sp³-hybridized carbons (Fsp3) is 0.739. The number of rotatable bonds is 14. The summed E-state index contributed by atoms with van der Waals surface area (Å²) in [6.45, 7) is 4.21. The highest BCUT2D eigenvalue weighted by atomic mass is 19.1. The van der Waals surface area contributed by atoms with Gasteiger partial charge in [-0.25, -0.2) is 8.78 Å². The van der Waals surface area contributed by atoms with E-state index in [1.54, 1.807) is 0 Å². The Morgan fingerprint density at radius 1 is 0.759 bits per heavy atom. The summed E-state index contributed by atoms with van der Waals surface area (Å²) in [6, 6.07) is -0.744. The van der Waals surface area contributed by atoms with E-state index in [0.29, 0.717) is 25.7 Å². The molecule has 0 aliphatic heterocycles. The maximum Gasteiger partial charge on any atom is 0.279 e. The van der Waals surface area contributed by atoms with Crippen LogP contribution in [0.2, 0.25) is 0 Å². The first kappa shape index (κ1) is 25.3. The summed E-state index contributed by atoms with van der Waals surface area (Å²) in [5.74, 6) is -3.06. The number of halogens is 2. The summed E-state index contributed by atoms with van der Waals surface area (Å²) in [6.07, 6.45) is 14.0. The van der Waals surface area contributed by atoms with Gasteiger partial charge in [-0.15, -0.1) is 0 Å². The summed E-state index contributed by atoms with van der Waals surface area (Å²) in [4.78, 5) is 24.1. The molecule has 6 heteroatoms. The Hall–Kier alpha value is -1.72. The van der Waals surface area contributed by atoms with Crippen LogP contribution in [0, 0.1) is 0 Å². The molecule has 0 unspecified atom stereocenters. The zero-order valence-corrected chi connectivity index (χ0v) is 18.1. The van der Waals surface area contributed by atoms with Crippen LogP contribution in [0.4, 0.5) is 8.78 Å². The molecule has 1 aliphatic carbocycles. The van der Waals surface area contributed by atoms with Crippen molar-refractivity contribution < 1.29 is 18.4 Å². The Morgan fingerprint density at radius 2 is 1.17 bits per heavy atom. The van der Waals surface area contributed by atoms with E-state index in [9.17, 15) is 18.4 Å². The standard InChI is InChI=1S/C23H38F2N2O2/c1-3-5-7-9-11-14-18(24)22(28)26-20-16-13-17-21(20)27-23(29)19(25)15-12-10-8-6-4-2/h14-15,20-21H,3-13,16-17H2,1-2H3,(H,26,28)(H,27,29)/b18-14-,19-15-/t20-,21+. The van der Waals surface area contributed by atoms with Gasteiger partial charge in [0.15, 0.2) is 11.7 Å². The zero-order valence-electron chi connectivity index (χ0n) is 18.1. The Labute approximate surface area is 174 Å². The predicted octanol–water partition coefficient (Wildman–Crippen LogP) is 5.79. The molecule has 0 radical (unpaired) electrons. The monoisotopic (exact) mass is 412 g/mol. The third-order valence-electron chi connectivity index (χ3n) is 5.35. The molecule has 0 bridgehead atoms. The highest BCUT2D eigenvalue weighted by Crippen LogP contribution is 2.20. The molecule has 0 aromatic carbocycles. The molecular formula is C23H38F2N2O2. The van der Waals surface area contributed by atoms with Crippen LogP contribution in [0.3, 0.4) is 0 Å². The zero-order chi connectivity index (χ0) is 21.5. The van der Waals surface area contributed by atoms with Gasteiger partial charge in [-0.2, -0.15) is 0 Å². The van der Waals surface area contributed by atoms with Crippen molar-refractivity contribution in [1.29, 1.82) is 0 Å². The normalized spacial score (nSPS) is 20.0. The molecule has 2 amide bonds. The lowest BCUT2D eigenvalue weighted by Gasteiger charge is -2.21. The molecule has 0 heterocycles. The van der Waals surface area contributed by atoms with Gasteiger partial charge in [-0.1, -0.05) is 52.4 Å². The van der Waals surface area contributed by atoms with E-state index in [0.717, 1.165) is 57.8 Å². The van der Waals surface area contributed by atoms with Gasteiger partial charge in [0.05, 0.1) is 0 Å². The van der Waals surface area contributed by atoms with Crippen molar-refractivity contribution in [3.05, 3.63) is 23.8 Å². The van der Waals surface area contributed by atoms with Crippen molar-refractivity contribution in [1.82, 2.24) is 10.6 Å². The van der Waals surface area contributed by atoms with Crippen molar-refractivity contribution in [2.45, 2.75) is 109 Å². The highest BCUT2D eigenvalue weighted by Gasteiger charge is 2.31. The summed E-state index contributed by atoms with van der Waals surface area (Å²) in [5, 5.41) is 5.31. The summed E-state index contributed by atoms with van der Waals surface area (Å²) in [7, 11) is 0. The molecule has 166 valence electrons. The van der Waals surface area contributed by atoms with E-state index in [1.807, 2.05) is 0 Å². The lowest BCUT2D eigenvalue weighted by Crippen LogP contribution is -2.48. The first-order chi connectivity index (χ1) is 14.0. The molecule has 0 saturated heterocycles. The minimum absolute atomic E-state index is 0.372. The minimum Gasteiger partial charge on any atom is -0.345 e. The molecule has 2 atom stereocenters. The van der Waals surface area contributed by atoms with Gasteiger partial charge in [0, 0.05) is 12.1 Å². The van der Waals surface area contributed by atoms with Gasteiger partial charge in [-0.3, -0.25) is 9.59 Å². The third-order valence-corrected chi connectivity index (χ3v) is 5.35. The molecule has 2 N–H and O–H groups in total. The van der Waals surface area contributed by atoms with Crippen LogP contribution in [0.25, 0.3) is 0 Å². The Bertz CT molecular complexity index is 513. The molecule has 0 aromatic rings. The lowest BCUT2D eigenvalue weighted by molar-refractivity contribution is -0.122. The number of hydrogen-bond acceptors (Lipinski definition) is 2. The molecular weight excluding hydrogens is 374 g/mol. The van der Waals surface area contributed by atoms with Gasteiger partial charge in [0.1, 0.15) is 0 Å². The first-order valence-corrected chi connectivity index (χ1v) is 11.3. The quantitative estimate of drug-likeness (QED) is 0.280. The van der Waals surface area contributed by atoms with Crippen molar-refractivity contribution in [2.24, 2.45) is 0 Å². The fourth-order valence-corrected chi connectivity index (χ4v) is 3.57. The number of allylic oxidation sites excluding steroid dienone is 2. The lowest BCUT2D eigenvalue weighted by atomic mass is 10.1. The highest BCUT2D eigenvalue weighted by molar-refractivity contribution is 5.92. The van der Waals surface area contributed by atoms with Crippen LogP contribution in [0.1, 0.15) is 97.3 Å². The SMILES string of the molecule is CCCCCC/C=C(\F)C(=O)N[C@H]1CCC[C@H]1NC(=O)/C(F)=C/CCCCCC. The number of hydrogen-bond donors (Lipinski definition) is 2. The van der Waals surface area contributed by atoms with E-state index in [1.165, 1.54) is 12.2 Å². The van der Waals surface area contributed by atoms with E-state index < -0.39 is 23.5 Å². The Morgan fingerprint density at radius 3 is 1.55 bits per heavy atom. The summed E-state index contributed by atoms with van der Waals surface area (Å²) in [5.41, 5.74) is 0. The van der Waals surface area contributed by atoms with E-state index >= 15 is 0 Å². The first-order valence-electron chi connectivity index (χ1n) is 11.3. The van der Waals surface area contributed by atoms with Gasteiger partial charge in [0.2, 0.25) is 0 Å². The molecule has 29 heavy (non-hydrogen) atoms. The van der Waals surface area contributed by atoms with Crippen molar-refractivity contribution in [3.63, 3.8) is 0 Å². The van der Waals surface area contributed by atoms with Crippen LogP contribution in [-0.4, -0.2) is 23.9 Å². The van der Waals surface area contributed by atoms with Gasteiger partial charge < -0.3 is 10.6 Å².